The van der Waals surface area contributed by atoms with E-state index in [-0.39, 0.29) is 0 Å². The van der Waals surface area contributed by atoms with Gasteiger partial charge in [0.05, 0.1) is 6.61 Å². The van der Waals surface area contributed by atoms with E-state index in [1.807, 2.05) is 0 Å². The molecule has 0 rings (SSSR count). The summed E-state index contributed by atoms with van der Waals surface area (Å²) in [5, 5.41) is 8.46. The molecular weight excluding hydrogens is 398 g/mol. The van der Waals surface area contributed by atoms with Crippen molar-refractivity contribution in [1.29, 1.82) is 0 Å². The summed E-state index contributed by atoms with van der Waals surface area (Å²) in [6, 6.07) is 0. The molecule has 0 bridgehead atoms. The number of unbranched alkanes of at least 4 members (excludes halogenated alkanes) is 21. The monoisotopic (exact) mass is 457 g/mol. The average Bonchev–Trinajstić information content (AvgIpc) is 2.78. The predicted octanol–water partition coefficient (Wildman–Crippen LogP) is 9.35. The van der Waals surface area contributed by atoms with Crippen LogP contribution in [0.25, 0.3) is 0 Å². The van der Waals surface area contributed by atoms with E-state index in [0.717, 1.165) is 25.9 Å². The van der Waals surface area contributed by atoms with Crippen molar-refractivity contribution in [3.05, 3.63) is 0 Å². The Balaban J connectivity index is 0. The molecule has 0 saturated carbocycles. The normalized spacial score (nSPS) is 10.7. The summed E-state index contributed by atoms with van der Waals surface area (Å²) < 4.78 is 0. The van der Waals surface area contributed by atoms with E-state index in [0.29, 0.717) is 6.42 Å². The lowest BCUT2D eigenvalue weighted by molar-refractivity contribution is -0.137. The molecular formula is C28H59NO3. The molecule has 0 aliphatic carbocycles. The first-order chi connectivity index (χ1) is 15.7. The van der Waals surface area contributed by atoms with Crippen molar-refractivity contribution in [3.8, 4) is 0 Å². The molecule has 0 amide bonds. The number of rotatable bonds is 25. The quantitative estimate of drug-likeness (QED) is 0.106. The molecule has 0 aromatic carbocycles. The zero-order valence-electron chi connectivity index (χ0n) is 22.0. The van der Waals surface area contributed by atoms with Crippen molar-refractivity contribution < 1.29 is 14.7 Å². The van der Waals surface area contributed by atoms with E-state index in [1.165, 1.54) is 128 Å². The molecule has 0 aliphatic rings. The second-order valence-corrected chi connectivity index (χ2v) is 9.44. The molecule has 3 N–H and O–H groups in total. The Bertz CT molecular complexity index is 323. The maximum absolute atomic E-state index is 10.3. The van der Waals surface area contributed by atoms with Crippen molar-refractivity contribution in [2.75, 3.05) is 6.61 Å². The Morgan fingerprint density at radius 3 is 1.09 bits per heavy atom. The van der Waals surface area contributed by atoms with Crippen LogP contribution in [0.4, 0.5) is 0 Å². The van der Waals surface area contributed by atoms with Crippen LogP contribution < -0.4 is 5.90 Å². The number of nitrogens with two attached hydrogens (primary N) is 1. The molecule has 194 valence electrons. The van der Waals surface area contributed by atoms with E-state index in [9.17, 15) is 4.79 Å². The second-order valence-electron chi connectivity index (χ2n) is 9.44. The third-order valence-corrected chi connectivity index (χ3v) is 6.11. The molecule has 0 aromatic rings. The van der Waals surface area contributed by atoms with Crippen LogP contribution in [0.15, 0.2) is 0 Å². The van der Waals surface area contributed by atoms with Crippen LogP contribution in [-0.4, -0.2) is 17.7 Å². The summed E-state index contributed by atoms with van der Waals surface area (Å²) in [5.41, 5.74) is 0. The van der Waals surface area contributed by atoms with Gasteiger partial charge in [0.25, 0.3) is 0 Å². The highest BCUT2D eigenvalue weighted by atomic mass is 16.6. The fraction of sp³-hybridized carbons (Fsp3) is 0.964. The fourth-order valence-corrected chi connectivity index (χ4v) is 3.97. The van der Waals surface area contributed by atoms with Gasteiger partial charge in [0.2, 0.25) is 0 Å². The highest BCUT2D eigenvalue weighted by Crippen LogP contribution is 2.12. The summed E-state index contributed by atoms with van der Waals surface area (Å²) in [6.45, 7) is 5.24. The molecule has 0 atom stereocenters. The molecule has 0 spiro atoms. The van der Waals surface area contributed by atoms with Crippen molar-refractivity contribution in [3.63, 3.8) is 0 Å². The number of aliphatic carboxylic acids is 1. The SMILES string of the molecule is CCCCCCCCCCCCCC(=O)O.CCCCCCCCCCCCCCON. The van der Waals surface area contributed by atoms with Gasteiger partial charge >= 0.3 is 5.97 Å². The van der Waals surface area contributed by atoms with Crippen LogP contribution in [0.1, 0.15) is 168 Å². The highest BCUT2D eigenvalue weighted by molar-refractivity contribution is 5.66. The van der Waals surface area contributed by atoms with Gasteiger partial charge in [-0.25, -0.2) is 5.90 Å². The number of hydrogen-bond donors (Lipinski definition) is 2. The second kappa shape index (κ2) is 32.6. The van der Waals surface area contributed by atoms with Crippen LogP contribution >= 0.6 is 0 Å². The number of carboxylic acids is 1. The minimum atomic E-state index is -0.657. The zero-order valence-corrected chi connectivity index (χ0v) is 22.0. The number of carboxylic acid groups (broad SMARTS) is 1. The van der Waals surface area contributed by atoms with E-state index >= 15 is 0 Å². The molecule has 4 nitrogen and oxygen atoms in total. The summed E-state index contributed by atoms with van der Waals surface area (Å²) in [6.07, 6.45) is 30.9. The predicted molar refractivity (Wildman–Crippen MR) is 140 cm³/mol. The lowest BCUT2D eigenvalue weighted by Crippen LogP contribution is -2.00. The smallest absolute Gasteiger partial charge is 0.303 e. The van der Waals surface area contributed by atoms with Gasteiger partial charge in [0.1, 0.15) is 0 Å². The third-order valence-electron chi connectivity index (χ3n) is 6.11. The Labute approximate surface area is 201 Å². The van der Waals surface area contributed by atoms with E-state index in [1.54, 1.807) is 0 Å². The number of carbonyl (C=O) groups is 1. The Morgan fingerprint density at radius 1 is 0.531 bits per heavy atom. The molecule has 0 fully saturated rings. The van der Waals surface area contributed by atoms with Crippen LogP contribution in [0.2, 0.25) is 0 Å². The van der Waals surface area contributed by atoms with Gasteiger partial charge in [0.15, 0.2) is 0 Å². The summed E-state index contributed by atoms with van der Waals surface area (Å²) >= 11 is 0. The number of hydrogen-bond acceptors (Lipinski definition) is 3. The molecule has 0 saturated heterocycles. The van der Waals surface area contributed by atoms with Gasteiger partial charge in [-0.15, -0.1) is 0 Å². The van der Waals surface area contributed by atoms with Crippen LogP contribution in [-0.2, 0) is 9.63 Å². The molecule has 0 heterocycles. The Hall–Kier alpha value is -0.610. The minimum Gasteiger partial charge on any atom is -0.481 e. The highest BCUT2D eigenvalue weighted by Gasteiger charge is 1.97. The molecule has 32 heavy (non-hydrogen) atoms. The van der Waals surface area contributed by atoms with Crippen molar-refractivity contribution in [2.24, 2.45) is 5.90 Å². The minimum absolute atomic E-state index is 0.344. The first kappa shape index (κ1) is 33.6. The van der Waals surface area contributed by atoms with Gasteiger partial charge in [-0.2, -0.15) is 0 Å². The topological polar surface area (TPSA) is 72.5 Å². The van der Waals surface area contributed by atoms with Crippen molar-refractivity contribution >= 4 is 5.97 Å². The first-order valence-corrected chi connectivity index (χ1v) is 14.2. The van der Waals surface area contributed by atoms with E-state index in [4.69, 9.17) is 11.0 Å². The Kier molecular flexibility index (Phi) is 34.2. The fourth-order valence-electron chi connectivity index (χ4n) is 3.97. The molecule has 4 heteroatoms. The van der Waals surface area contributed by atoms with E-state index < -0.39 is 5.97 Å². The molecule has 0 unspecified atom stereocenters. The van der Waals surface area contributed by atoms with Crippen molar-refractivity contribution in [2.45, 2.75) is 168 Å². The standard InChI is InChI=1S/C14H31NO.C14H28O2/c1-2-3-4-5-6-7-8-9-10-11-12-13-14-16-15;1-2-3-4-5-6-7-8-9-10-11-12-13-14(15)16/h2-15H2,1H3;2-13H2,1H3,(H,15,16). The third kappa shape index (κ3) is 36.7. The molecule has 0 aromatic heterocycles. The first-order valence-electron chi connectivity index (χ1n) is 14.2. The van der Waals surface area contributed by atoms with Crippen molar-refractivity contribution in [1.82, 2.24) is 0 Å². The van der Waals surface area contributed by atoms with Gasteiger partial charge in [0, 0.05) is 6.42 Å². The lowest BCUT2D eigenvalue weighted by atomic mass is 10.1. The van der Waals surface area contributed by atoms with Gasteiger partial charge in [-0.3, -0.25) is 4.79 Å². The van der Waals surface area contributed by atoms with E-state index in [2.05, 4.69) is 18.7 Å². The van der Waals surface area contributed by atoms with Crippen LogP contribution in [0.5, 0.6) is 0 Å². The summed E-state index contributed by atoms with van der Waals surface area (Å²) in [5.74, 6) is 4.30. The summed E-state index contributed by atoms with van der Waals surface area (Å²) in [4.78, 5) is 14.8. The van der Waals surface area contributed by atoms with Gasteiger partial charge < -0.3 is 9.94 Å². The van der Waals surface area contributed by atoms with Gasteiger partial charge in [-0.1, -0.05) is 149 Å². The average molecular weight is 458 g/mol. The zero-order chi connectivity index (χ0) is 24.0. The summed E-state index contributed by atoms with van der Waals surface area (Å²) in [7, 11) is 0. The molecule has 0 aliphatic heterocycles. The largest absolute Gasteiger partial charge is 0.481 e. The molecule has 0 radical (unpaired) electrons. The van der Waals surface area contributed by atoms with Crippen LogP contribution in [0.3, 0.4) is 0 Å². The van der Waals surface area contributed by atoms with Crippen LogP contribution in [0, 0.1) is 0 Å². The van der Waals surface area contributed by atoms with Gasteiger partial charge in [-0.05, 0) is 12.8 Å². The maximum Gasteiger partial charge on any atom is 0.303 e. The lowest BCUT2D eigenvalue weighted by Gasteiger charge is -2.02. The maximum atomic E-state index is 10.3. The Morgan fingerprint density at radius 2 is 0.812 bits per heavy atom.